The van der Waals surface area contributed by atoms with Crippen LogP contribution in [0.15, 0.2) is 11.6 Å². The molecule has 0 bridgehead atoms. The summed E-state index contributed by atoms with van der Waals surface area (Å²) in [7, 11) is -3.08. The first-order valence-electron chi connectivity index (χ1n) is 4.57. The minimum Gasteiger partial charge on any atom is -0.465 e. The van der Waals surface area contributed by atoms with Crippen molar-refractivity contribution in [2.75, 3.05) is 19.3 Å². The highest BCUT2D eigenvalue weighted by Crippen LogP contribution is 2.21. The van der Waals surface area contributed by atoms with Crippen LogP contribution in [0.25, 0.3) is 0 Å². The second-order valence-corrected chi connectivity index (χ2v) is 6.29. The number of nitrogens with zero attached hydrogens (tertiary/aromatic N) is 2. The van der Waals surface area contributed by atoms with Crippen LogP contribution in [0.4, 0.5) is 0 Å². The van der Waals surface area contributed by atoms with E-state index in [2.05, 4.69) is 4.98 Å². The Balaban J connectivity index is 1.94. The minimum absolute atomic E-state index is 0.0640. The SMILES string of the molecule is CS(=O)(=O)N1CCC(Oc2nccs2)C1. The molecule has 1 aliphatic rings. The molecule has 2 rings (SSSR count). The fraction of sp³-hybridized carbons (Fsp3) is 0.625. The van der Waals surface area contributed by atoms with Crippen molar-refractivity contribution in [1.29, 1.82) is 0 Å². The molecule has 1 atom stereocenters. The predicted octanol–water partition coefficient (Wildman–Crippen LogP) is 0.556. The minimum atomic E-state index is -3.08. The molecular formula is C8H12N2O3S2. The second kappa shape index (κ2) is 4.07. The zero-order valence-corrected chi connectivity index (χ0v) is 9.92. The van der Waals surface area contributed by atoms with E-state index >= 15 is 0 Å². The molecule has 1 aliphatic heterocycles. The number of rotatable bonds is 3. The van der Waals surface area contributed by atoms with Gasteiger partial charge in [0.1, 0.15) is 6.10 Å². The average Bonchev–Trinajstić information content (AvgIpc) is 2.73. The summed E-state index contributed by atoms with van der Waals surface area (Å²) >= 11 is 1.42. The van der Waals surface area contributed by atoms with Crippen molar-refractivity contribution in [1.82, 2.24) is 9.29 Å². The van der Waals surface area contributed by atoms with Crippen LogP contribution in [0.2, 0.25) is 0 Å². The van der Waals surface area contributed by atoms with Gasteiger partial charge in [0.25, 0.3) is 5.19 Å². The molecule has 5 nitrogen and oxygen atoms in total. The van der Waals surface area contributed by atoms with E-state index in [4.69, 9.17) is 4.74 Å². The highest BCUT2D eigenvalue weighted by Gasteiger charge is 2.30. The molecule has 1 fully saturated rings. The Kier molecular flexibility index (Phi) is 2.94. The summed E-state index contributed by atoms with van der Waals surface area (Å²) in [6.07, 6.45) is 3.56. The van der Waals surface area contributed by atoms with Gasteiger partial charge in [0.2, 0.25) is 10.0 Å². The fourth-order valence-electron chi connectivity index (χ4n) is 1.51. The largest absolute Gasteiger partial charge is 0.465 e. The highest BCUT2D eigenvalue weighted by atomic mass is 32.2. The Bertz CT molecular complexity index is 415. The summed E-state index contributed by atoms with van der Waals surface area (Å²) in [4.78, 5) is 4.00. The average molecular weight is 248 g/mol. The van der Waals surface area contributed by atoms with Crippen molar-refractivity contribution in [3.05, 3.63) is 11.6 Å². The van der Waals surface area contributed by atoms with Gasteiger partial charge in [-0.1, -0.05) is 11.3 Å². The maximum Gasteiger partial charge on any atom is 0.273 e. The van der Waals surface area contributed by atoms with Crippen molar-refractivity contribution >= 4 is 21.4 Å². The summed E-state index contributed by atoms with van der Waals surface area (Å²) < 4.78 is 29.5. The Labute approximate surface area is 92.7 Å². The quantitative estimate of drug-likeness (QED) is 0.784. The van der Waals surface area contributed by atoms with E-state index in [-0.39, 0.29) is 6.10 Å². The molecule has 0 amide bonds. The van der Waals surface area contributed by atoms with E-state index in [0.29, 0.717) is 18.3 Å². The molecule has 0 spiro atoms. The lowest BCUT2D eigenvalue weighted by Crippen LogP contribution is -2.29. The molecule has 7 heteroatoms. The molecule has 0 aromatic carbocycles. The van der Waals surface area contributed by atoms with Crippen LogP contribution in [0.3, 0.4) is 0 Å². The van der Waals surface area contributed by atoms with Crippen molar-refractivity contribution in [3.8, 4) is 5.19 Å². The number of sulfonamides is 1. The molecule has 1 unspecified atom stereocenters. The van der Waals surface area contributed by atoms with Gasteiger partial charge in [0, 0.05) is 18.1 Å². The number of hydrogen-bond acceptors (Lipinski definition) is 5. The summed E-state index contributed by atoms with van der Waals surface area (Å²) in [5.74, 6) is 0. The molecule has 0 aliphatic carbocycles. The van der Waals surface area contributed by atoms with E-state index < -0.39 is 10.0 Å². The summed E-state index contributed by atoms with van der Waals surface area (Å²) in [6, 6.07) is 0. The normalized spacial score (nSPS) is 23.1. The van der Waals surface area contributed by atoms with Crippen LogP contribution in [0.5, 0.6) is 5.19 Å². The van der Waals surface area contributed by atoms with Crippen LogP contribution in [-0.2, 0) is 10.0 Å². The Hall–Kier alpha value is -0.660. The maximum absolute atomic E-state index is 11.2. The van der Waals surface area contributed by atoms with Gasteiger partial charge >= 0.3 is 0 Å². The summed E-state index contributed by atoms with van der Waals surface area (Å²) in [5.41, 5.74) is 0. The van der Waals surface area contributed by atoms with Gasteiger partial charge < -0.3 is 4.74 Å². The molecular weight excluding hydrogens is 236 g/mol. The number of ether oxygens (including phenoxy) is 1. The number of thiazole rings is 1. The molecule has 2 heterocycles. The molecule has 0 radical (unpaired) electrons. The Morgan fingerprint density at radius 3 is 3.00 bits per heavy atom. The lowest BCUT2D eigenvalue weighted by Gasteiger charge is -2.13. The maximum atomic E-state index is 11.2. The van der Waals surface area contributed by atoms with E-state index in [9.17, 15) is 8.42 Å². The number of aromatic nitrogens is 1. The summed E-state index contributed by atoms with van der Waals surface area (Å²) in [5, 5.41) is 2.44. The van der Waals surface area contributed by atoms with Crippen molar-refractivity contribution in [3.63, 3.8) is 0 Å². The van der Waals surface area contributed by atoms with Crippen LogP contribution >= 0.6 is 11.3 Å². The molecule has 1 aromatic rings. The van der Waals surface area contributed by atoms with Crippen LogP contribution in [0, 0.1) is 0 Å². The first-order chi connectivity index (χ1) is 7.05. The van der Waals surface area contributed by atoms with Gasteiger partial charge in [-0.3, -0.25) is 0 Å². The standard InChI is InChI=1S/C8H12N2O3S2/c1-15(11,12)10-4-2-7(6-10)13-8-9-3-5-14-8/h3,5,7H,2,4,6H2,1H3. The number of hydrogen-bond donors (Lipinski definition) is 0. The van der Waals surface area contributed by atoms with Crippen molar-refractivity contribution in [2.45, 2.75) is 12.5 Å². The molecule has 0 N–H and O–H groups in total. The first kappa shape index (κ1) is 10.8. The zero-order valence-electron chi connectivity index (χ0n) is 8.29. The third-order valence-electron chi connectivity index (χ3n) is 2.25. The Morgan fingerprint density at radius 1 is 1.67 bits per heavy atom. The lowest BCUT2D eigenvalue weighted by atomic mass is 10.3. The predicted molar refractivity (Wildman–Crippen MR) is 57.6 cm³/mol. The van der Waals surface area contributed by atoms with Gasteiger partial charge in [-0.15, -0.1) is 0 Å². The van der Waals surface area contributed by atoms with Gasteiger partial charge in [0.05, 0.1) is 12.8 Å². The zero-order chi connectivity index (χ0) is 10.9. The van der Waals surface area contributed by atoms with Gasteiger partial charge in [-0.25, -0.2) is 13.4 Å². The van der Waals surface area contributed by atoms with E-state index in [0.717, 1.165) is 6.42 Å². The third kappa shape index (κ3) is 2.67. The van der Waals surface area contributed by atoms with Crippen LogP contribution in [0.1, 0.15) is 6.42 Å². The smallest absolute Gasteiger partial charge is 0.273 e. The van der Waals surface area contributed by atoms with Gasteiger partial charge in [-0.2, -0.15) is 4.31 Å². The van der Waals surface area contributed by atoms with E-state index in [1.165, 1.54) is 21.9 Å². The van der Waals surface area contributed by atoms with Crippen molar-refractivity contribution < 1.29 is 13.2 Å². The highest BCUT2D eigenvalue weighted by molar-refractivity contribution is 7.88. The summed E-state index contributed by atoms with van der Waals surface area (Å²) in [6.45, 7) is 0.966. The van der Waals surface area contributed by atoms with Crippen LogP contribution in [-0.4, -0.2) is 43.2 Å². The third-order valence-corrected chi connectivity index (χ3v) is 4.18. The van der Waals surface area contributed by atoms with E-state index in [1.807, 2.05) is 5.38 Å². The van der Waals surface area contributed by atoms with Gasteiger partial charge in [-0.05, 0) is 6.42 Å². The topological polar surface area (TPSA) is 59.5 Å². The molecule has 1 aromatic heterocycles. The Morgan fingerprint density at radius 2 is 2.47 bits per heavy atom. The molecule has 84 valence electrons. The van der Waals surface area contributed by atoms with Crippen LogP contribution < -0.4 is 4.74 Å². The lowest BCUT2D eigenvalue weighted by molar-refractivity contribution is 0.214. The van der Waals surface area contributed by atoms with E-state index in [1.54, 1.807) is 6.20 Å². The molecule has 15 heavy (non-hydrogen) atoms. The fourth-order valence-corrected chi connectivity index (χ4v) is 2.93. The monoisotopic (exact) mass is 248 g/mol. The second-order valence-electron chi connectivity index (χ2n) is 3.45. The van der Waals surface area contributed by atoms with Gasteiger partial charge in [0.15, 0.2) is 0 Å². The molecule has 0 saturated carbocycles. The molecule has 1 saturated heterocycles. The first-order valence-corrected chi connectivity index (χ1v) is 7.30. The van der Waals surface area contributed by atoms with Crippen molar-refractivity contribution in [2.24, 2.45) is 0 Å².